The fourth-order valence-electron chi connectivity index (χ4n) is 3.22. The number of rotatable bonds is 7. The van der Waals surface area contributed by atoms with Crippen LogP contribution in [0.15, 0.2) is 42.6 Å². The van der Waals surface area contributed by atoms with Gasteiger partial charge in [-0.05, 0) is 43.2 Å². The van der Waals surface area contributed by atoms with Gasteiger partial charge in [-0.3, -0.25) is 4.72 Å². The van der Waals surface area contributed by atoms with Gasteiger partial charge >= 0.3 is 0 Å². The standard InChI is InChI=1S/C20H28N4O2S/c1-3-4-14-27(25,26)22-18-8-9-20(21-16-18)24-12-10-23(11-13-24)19-7-5-6-17(2)15-19/h5-9,15-16,22H,3-4,10-14H2,1-2H3. The summed E-state index contributed by atoms with van der Waals surface area (Å²) in [5.41, 5.74) is 3.06. The average Bonchev–Trinajstić information content (AvgIpc) is 2.67. The maximum absolute atomic E-state index is 12.0. The lowest BCUT2D eigenvalue weighted by atomic mass is 10.2. The Morgan fingerprint density at radius 2 is 1.81 bits per heavy atom. The average molecular weight is 389 g/mol. The van der Waals surface area contributed by atoms with E-state index < -0.39 is 10.0 Å². The number of unbranched alkanes of at least 4 members (excludes halogenated alkanes) is 1. The van der Waals surface area contributed by atoms with Crippen LogP contribution in [0.2, 0.25) is 0 Å². The molecule has 1 aromatic heterocycles. The van der Waals surface area contributed by atoms with Crippen LogP contribution in [0.5, 0.6) is 0 Å². The zero-order valence-corrected chi connectivity index (χ0v) is 16.9. The summed E-state index contributed by atoms with van der Waals surface area (Å²) in [5.74, 6) is 1.03. The molecular formula is C20H28N4O2S. The maximum atomic E-state index is 12.0. The summed E-state index contributed by atoms with van der Waals surface area (Å²) in [5, 5.41) is 0. The molecule has 0 aliphatic carbocycles. The van der Waals surface area contributed by atoms with Gasteiger partial charge in [0.1, 0.15) is 5.82 Å². The molecule has 1 N–H and O–H groups in total. The van der Waals surface area contributed by atoms with Gasteiger partial charge in [0.15, 0.2) is 0 Å². The van der Waals surface area contributed by atoms with Crippen molar-refractivity contribution in [3.05, 3.63) is 48.2 Å². The van der Waals surface area contributed by atoms with Crippen molar-refractivity contribution < 1.29 is 8.42 Å². The van der Waals surface area contributed by atoms with E-state index in [2.05, 4.69) is 50.7 Å². The van der Waals surface area contributed by atoms with Gasteiger partial charge in [0.05, 0.1) is 17.6 Å². The highest BCUT2D eigenvalue weighted by molar-refractivity contribution is 7.92. The Hall–Kier alpha value is -2.28. The monoisotopic (exact) mass is 388 g/mol. The Balaban J connectivity index is 1.57. The Kier molecular flexibility index (Phi) is 6.21. The van der Waals surface area contributed by atoms with Gasteiger partial charge in [-0.25, -0.2) is 13.4 Å². The van der Waals surface area contributed by atoms with Crippen molar-refractivity contribution in [3.8, 4) is 0 Å². The smallest absolute Gasteiger partial charge is 0.232 e. The maximum Gasteiger partial charge on any atom is 0.232 e. The van der Waals surface area contributed by atoms with Gasteiger partial charge in [0.2, 0.25) is 10.0 Å². The van der Waals surface area contributed by atoms with Crippen molar-refractivity contribution >= 4 is 27.2 Å². The number of nitrogens with zero attached hydrogens (tertiary/aromatic N) is 3. The Morgan fingerprint density at radius 3 is 2.44 bits per heavy atom. The Bertz CT molecular complexity index is 845. The van der Waals surface area contributed by atoms with Crippen LogP contribution in [0.1, 0.15) is 25.3 Å². The van der Waals surface area contributed by atoms with Crippen molar-refractivity contribution in [2.45, 2.75) is 26.7 Å². The minimum Gasteiger partial charge on any atom is -0.368 e. The molecule has 6 nitrogen and oxygen atoms in total. The Morgan fingerprint density at radius 1 is 1.07 bits per heavy atom. The van der Waals surface area contributed by atoms with Crippen LogP contribution in [-0.4, -0.2) is 45.3 Å². The molecule has 2 aromatic rings. The van der Waals surface area contributed by atoms with E-state index in [0.717, 1.165) is 38.4 Å². The second-order valence-electron chi connectivity index (χ2n) is 6.99. The molecule has 7 heteroatoms. The van der Waals surface area contributed by atoms with Gasteiger partial charge in [0.25, 0.3) is 0 Å². The Labute approximate surface area is 162 Å². The van der Waals surface area contributed by atoms with Crippen molar-refractivity contribution in [2.24, 2.45) is 0 Å². The minimum atomic E-state index is -3.29. The van der Waals surface area contributed by atoms with Crippen LogP contribution in [0.25, 0.3) is 0 Å². The van der Waals surface area contributed by atoms with Gasteiger partial charge in [-0.15, -0.1) is 0 Å². The zero-order valence-electron chi connectivity index (χ0n) is 16.1. The van der Waals surface area contributed by atoms with E-state index in [0.29, 0.717) is 12.1 Å². The molecule has 1 aliphatic heterocycles. The first-order chi connectivity index (χ1) is 13.0. The van der Waals surface area contributed by atoms with E-state index in [4.69, 9.17) is 0 Å². The summed E-state index contributed by atoms with van der Waals surface area (Å²) in [6.45, 7) is 7.75. The molecule has 3 rings (SSSR count). The molecule has 27 heavy (non-hydrogen) atoms. The van der Waals surface area contributed by atoms with Crippen LogP contribution in [0.4, 0.5) is 17.2 Å². The molecule has 0 unspecified atom stereocenters. The van der Waals surface area contributed by atoms with Gasteiger partial charge in [0, 0.05) is 31.9 Å². The lowest BCUT2D eigenvalue weighted by Gasteiger charge is -2.36. The number of hydrogen-bond donors (Lipinski definition) is 1. The van der Waals surface area contributed by atoms with E-state index in [1.165, 1.54) is 11.3 Å². The number of piperazine rings is 1. The van der Waals surface area contributed by atoms with Crippen molar-refractivity contribution in [3.63, 3.8) is 0 Å². The van der Waals surface area contributed by atoms with Crippen molar-refractivity contribution in [1.82, 2.24) is 4.98 Å². The fourth-order valence-corrected chi connectivity index (χ4v) is 4.47. The number of nitrogens with one attached hydrogen (secondary N) is 1. The molecule has 0 saturated carbocycles. The van der Waals surface area contributed by atoms with Crippen molar-refractivity contribution in [1.29, 1.82) is 0 Å². The first-order valence-corrected chi connectivity index (χ1v) is 11.2. The topological polar surface area (TPSA) is 65.5 Å². The van der Waals surface area contributed by atoms with Gasteiger partial charge < -0.3 is 9.80 Å². The number of anilines is 3. The molecule has 0 atom stereocenters. The second kappa shape index (κ2) is 8.61. The van der Waals surface area contributed by atoms with E-state index in [1.807, 2.05) is 13.0 Å². The van der Waals surface area contributed by atoms with Crippen LogP contribution >= 0.6 is 0 Å². The number of sulfonamides is 1. The lowest BCUT2D eigenvalue weighted by Crippen LogP contribution is -2.46. The van der Waals surface area contributed by atoms with Crippen LogP contribution in [0.3, 0.4) is 0 Å². The van der Waals surface area contributed by atoms with Crippen LogP contribution in [0, 0.1) is 6.92 Å². The molecule has 1 fully saturated rings. The summed E-state index contributed by atoms with van der Waals surface area (Å²) >= 11 is 0. The summed E-state index contributed by atoms with van der Waals surface area (Å²) in [4.78, 5) is 9.09. The quantitative estimate of drug-likeness (QED) is 0.789. The summed E-state index contributed by atoms with van der Waals surface area (Å²) in [6, 6.07) is 12.3. The third kappa shape index (κ3) is 5.35. The highest BCUT2D eigenvalue weighted by Crippen LogP contribution is 2.21. The molecule has 0 bridgehead atoms. The second-order valence-corrected chi connectivity index (χ2v) is 8.83. The molecule has 0 radical (unpaired) electrons. The minimum absolute atomic E-state index is 0.145. The first-order valence-electron chi connectivity index (χ1n) is 9.50. The SMILES string of the molecule is CCCCS(=O)(=O)Nc1ccc(N2CCN(c3cccc(C)c3)CC2)nc1. The molecular weight excluding hydrogens is 360 g/mol. The fraction of sp³-hybridized carbons (Fsp3) is 0.450. The molecule has 0 amide bonds. The number of benzene rings is 1. The van der Waals surface area contributed by atoms with E-state index >= 15 is 0 Å². The van der Waals surface area contributed by atoms with E-state index in [9.17, 15) is 8.42 Å². The predicted molar refractivity (Wildman–Crippen MR) is 112 cm³/mol. The number of aryl methyl sites for hydroxylation is 1. The molecule has 1 aliphatic rings. The zero-order chi connectivity index (χ0) is 19.3. The molecule has 1 saturated heterocycles. The van der Waals surface area contributed by atoms with Crippen LogP contribution in [-0.2, 0) is 10.0 Å². The number of hydrogen-bond acceptors (Lipinski definition) is 5. The first kappa shape index (κ1) is 19.5. The largest absolute Gasteiger partial charge is 0.368 e. The van der Waals surface area contributed by atoms with E-state index in [1.54, 1.807) is 12.3 Å². The summed E-state index contributed by atoms with van der Waals surface area (Å²) in [6.07, 6.45) is 3.12. The number of pyridine rings is 1. The van der Waals surface area contributed by atoms with Gasteiger partial charge in [-0.1, -0.05) is 25.5 Å². The van der Waals surface area contributed by atoms with Crippen molar-refractivity contribution in [2.75, 3.05) is 46.5 Å². The van der Waals surface area contributed by atoms with Gasteiger partial charge in [-0.2, -0.15) is 0 Å². The number of aromatic nitrogens is 1. The highest BCUT2D eigenvalue weighted by Gasteiger charge is 2.18. The lowest BCUT2D eigenvalue weighted by molar-refractivity contribution is 0.598. The summed E-state index contributed by atoms with van der Waals surface area (Å²) < 4.78 is 26.6. The summed E-state index contributed by atoms with van der Waals surface area (Å²) in [7, 11) is -3.29. The molecule has 146 valence electrons. The molecule has 0 spiro atoms. The molecule has 2 heterocycles. The highest BCUT2D eigenvalue weighted by atomic mass is 32.2. The third-order valence-corrected chi connectivity index (χ3v) is 6.13. The normalized spacial score (nSPS) is 15.0. The third-order valence-electron chi connectivity index (χ3n) is 4.76. The predicted octanol–water partition coefficient (Wildman–Crippen LogP) is 3.26. The molecule has 1 aromatic carbocycles. The van der Waals surface area contributed by atoms with E-state index in [-0.39, 0.29) is 5.75 Å². The van der Waals surface area contributed by atoms with Crippen LogP contribution < -0.4 is 14.5 Å².